The first-order chi connectivity index (χ1) is 14.9. The molecule has 1 aliphatic rings. The number of hydrogen-bond acceptors (Lipinski definition) is 6. The third kappa shape index (κ3) is 4.73. The Morgan fingerprint density at radius 2 is 1.24 bits per heavy atom. The summed E-state index contributed by atoms with van der Waals surface area (Å²) in [6.45, 7) is -1.97. The molecule has 7 nitrogen and oxygen atoms in total. The molecule has 0 spiro atoms. The lowest BCUT2D eigenvalue weighted by atomic mass is 9.93. The van der Waals surface area contributed by atoms with Gasteiger partial charge in [-0.05, 0) is 0 Å². The summed E-state index contributed by atoms with van der Waals surface area (Å²) in [6.07, 6.45) is -22.1. The fourth-order valence-electron chi connectivity index (χ4n) is 2.47. The zero-order valence-electron chi connectivity index (χ0n) is 15.7. The molecule has 1 aliphatic heterocycles. The Balaban J connectivity index is 3.02. The van der Waals surface area contributed by atoms with E-state index in [4.69, 9.17) is 5.11 Å². The van der Waals surface area contributed by atoms with Crippen LogP contribution in [-0.4, -0.2) is 99.5 Å². The Morgan fingerprint density at radius 1 is 0.794 bits per heavy atom. The molecule has 1 rings (SSSR count). The molecule has 0 amide bonds. The van der Waals surface area contributed by atoms with E-state index in [9.17, 15) is 77.2 Å². The van der Waals surface area contributed by atoms with Gasteiger partial charge in [0.25, 0.3) is 0 Å². The SMILES string of the molecule is O=C(O)[C@@H](O)[C@H]1O[C@@H](OCCC(F)(F)C(F)(F)C(F)(F)C(F)(F)C(F)(F)C(F)(F)F)[C@H](O)[C@H]1O. The van der Waals surface area contributed by atoms with Crippen molar-refractivity contribution >= 4 is 5.97 Å². The monoisotopic (exact) mass is 540 g/mol. The maximum absolute atomic E-state index is 13.6. The molecule has 0 aromatic carbocycles. The van der Waals surface area contributed by atoms with Crippen LogP contribution in [0.2, 0.25) is 0 Å². The largest absolute Gasteiger partial charge is 0.479 e. The molecule has 4 N–H and O–H groups in total. The van der Waals surface area contributed by atoms with Crippen molar-refractivity contribution in [3.8, 4) is 0 Å². The van der Waals surface area contributed by atoms with E-state index in [1.807, 2.05) is 0 Å². The molecule has 5 atom stereocenters. The van der Waals surface area contributed by atoms with Crippen LogP contribution >= 0.6 is 0 Å². The second kappa shape index (κ2) is 9.10. The first kappa shape index (κ1) is 30.4. The normalized spacial score (nSPS) is 26.6. The number of carboxylic acids is 1. The predicted octanol–water partition coefficient (Wildman–Crippen LogP) is 2.02. The summed E-state index contributed by atoms with van der Waals surface area (Å²) in [4.78, 5) is 10.6. The van der Waals surface area contributed by atoms with Crippen molar-refractivity contribution in [1.29, 1.82) is 0 Å². The number of carbonyl (C=O) groups is 1. The lowest BCUT2D eigenvalue weighted by Crippen LogP contribution is -2.70. The molecule has 1 saturated heterocycles. The van der Waals surface area contributed by atoms with E-state index in [1.165, 1.54) is 0 Å². The van der Waals surface area contributed by atoms with E-state index in [2.05, 4.69) is 9.47 Å². The molecule has 20 heteroatoms. The minimum atomic E-state index is -8.05. The molecule has 0 saturated carbocycles. The second-order valence-electron chi connectivity index (χ2n) is 6.85. The third-order valence-corrected chi connectivity index (χ3v) is 4.52. The number of aliphatic hydroxyl groups is 3. The average molecular weight is 540 g/mol. The molecule has 1 heterocycles. The van der Waals surface area contributed by atoms with Gasteiger partial charge in [-0.15, -0.1) is 0 Å². The van der Waals surface area contributed by atoms with E-state index < -0.39 is 85.5 Å². The number of ether oxygens (including phenoxy) is 2. The Morgan fingerprint density at radius 3 is 1.65 bits per heavy atom. The zero-order valence-corrected chi connectivity index (χ0v) is 15.7. The van der Waals surface area contributed by atoms with Crippen LogP contribution in [0, 0.1) is 0 Å². The van der Waals surface area contributed by atoms with Crippen molar-refractivity contribution in [2.75, 3.05) is 6.61 Å². The zero-order chi connectivity index (χ0) is 27.3. The predicted molar refractivity (Wildman–Crippen MR) is 75.7 cm³/mol. The first-order valence-corrected chi connectivity index (χ1v) is 8.38. The summed E-state index contributed by atoms with van der Waals surface area (Å²) in [7, 11) is 0. The van der Waals surface area contributed by atoms with Crippen molar-refractivity contribution in [2.45, 2.75) is 72.9 Å². The van der Waals surface area contributed by atoms with Crippen LogP contribution in [0.25, 0.3) is 0 Å². The van der Waals surface area contributed by atoms with E-state index in [-0.39, 0.29) is 0 Å². The lowest BCUT2D eigenvalue weighted by Gasteiger charge is -2.39. The average Bonchev–Trinajstić information content (AvgIpc) is 2.94. The molecule has 0 unspecified atom stereocenters. The van der Waals surface area contributed by atoms with Gasteiger partial charge in [-0.2, -0.15) is 57.1 Å². The molecular formula is C14H13F13O7. The van der Waals surface area contributed by atoms with Gasteiger partial charge in [0.2, 0.25) is 0 Å². The Hall–Kier alpha value is -1.64. The van der Waals surface area contributed by atoms with Crippen LogP contribution in [-0.2, 0) is 14.3 Å². The first-order valence-electron chi connectivity index (χ1n) is 8.38. The van der Waals surface area contributed by atoms with E-state index in [0.717, 1.165) is 0 Å². The highest BCUT2D eigenvalue weighted by Crippen LogP contribution is 2.60. The van der Waals surface area contributed by atoms with E-state index in [1.54, 1.807) is 0 Å². The smallest absolute Gasteiger partial charge is 0.460 e. The Kier molecular flexibility index (Phi) is 8.13. The van der Waals surface area contributed by atoms with Gasteiger partial charge >= 0.3 is 41.8 Å². The van der Waals surface area contributed by atoms with Gasteiger partial charge in [-0.1, -0.05) is 0 Å². The molecule has 34 heavy (non-hydrogen) atoms. The molecule has 0 aliphatic carbocycles. The van der Waals surface area contributed by atoms with Crippen LogP contribution < -0.4 is 0 Å². The van der Waals surface area contributed by atoms with Gasteiger partial charge in [-0.25, -0.2) is 4.79 Å². The number of rotatable bonds is 10. The van der Waals surface area contributed by atoms with Gasteiger partial charge < -0.3 is 29.9 Å². The van der Waals surface area contributed by atoms with Crippen molar-refractivity contribution < 1.29 is 91.8 Å². The molecule has 0 radical (unpaired) electrons. The van der Waals surface area contributed by atoms with Crippen LogP contribution in [0.5, 0.6) is 0 Å². The summed E-state index contributed by atoms with van der Waals surface area (Å²) in [6, 6.07) is 0. The van der Waals surface area contributed by atoms with Gasteiger partial charge in [-0.3, -0.25) is 0 Å². The number of alkyl halides is 13. The van der Waals surface area contributed by atoms with Crippen molar-refractivity contribution in [2.24, 2.45) is 0 Å². The van der Waals surface area contributed by atoms with E-state index >= 15 is 0 Å². The summed E-state index contributed by atoms with van der Waals surface area (Å²) in [5, 5.41) is 36.8. The number of hydrogen-bond donors (Lipinski definition) is 4. The number of aliphatic carboxylic acids is 1. The molecule has 0 aromatic rings. The minimum Gasteiger partial charge on any atom is -0.479 e. The van der Waals surface area contributed by atoms with Gasteiger partial charge in [0, 0.05) is 6.42 Å². The maximum atomic E-state index is 13.6. The number of halogens is 13. The van der Waals surface area contributed by atoms with E-state index in [0.29, 0.717) is 0 Å². The standard InChI is InChI=1S/C14H13F13O7/c15-9(16,1-2-33-8-4(29)3(28)6(34-8)5(30)7(31)32)10(17,18)11(19,20)12(21,22)13(23,24)14(25,26)27/h3-6,8,28-30H,1-2H2,(H,31,32)/t3-,4-,5+,6+,8-/m1/s1. The second-order valence-corrected chi connectivity index (χ2v) is 6.85. The molecule has 1 fully saturated rings. The summed E-state index contributed by atoms with van der Waals surface area (Å²) in [5.41, 5.74) is 0. The van der Waals surface area contributed by atoms with Gasteiger partial charge in [0.1, 0.15) is 18.3 Å². The summed E-state index contributed by atoms with van der Waals surface area (Å²) in [5.74, 6) is -39.9. The van der Waals surface area contributed by atoms with Crippen molar-refractivity contribution in [1.82, 2.24) is 0 Å². The van der Waals surface area contributed by atoms with Crippen LogP contribution in [0.15, 0.2) is 0 Å². The highest BCUT2D eigenvalue weighted by Gasteiger charge is 2.90. The summed E-state index contributed by atoms with van der Waals surface area (Å²) >= 11 is 0. The van der Waals surface area contributed by atoms with Crippen molar-refractivity contribution in [3.05, 3.63) is 0 Å². The van der Waals surface area contributed by atoms with Crippen LogP contribution in [0.1, 0.15) is 6.42 Å². The Labute approximate surface area is 178 Å². The lowest BCUT2D eigenvalue weighted by molar-refractivity contribution is -0.440. The fraction of sp³-hybridized carbons (Fsp3) is 0.929. The van der Waals surface area contributed by atoms with Crippen molar-refractivity contribution in [3.63, 3.8) is 0 Å². The van der Waals surface area contributed by atoms with Crippen LogP contribution in [0.3, 0.4) is 0 Å². The molecule has 0 aromatic heterocycles. The maximum Gasteiger partial charge on any atom is 0.460 e. The number of carboxylic acid groups (broad SMARTS) is 1. The summed E-state index contributed by atoms with van der Waals surface area (Å²) < 4.78 is 177. The minimum absolute atomic E-state index is 1.97. The highest BCUT2D eigenvalue weighted by molar-refractivity contribution is 5.72. The fourth-order valence-corrected chi connectivity index (χ4v) is 2.47. The topological polar surface area (TPSA) is 116 Å². The van der Waals surface area contributed by atoms with Gasteiger partial charge in [0.05, 0.1) is 6.61 Å². The molecular weight excluding hydrogens is 527 g/mol. The highest BCUT2D eigenvalue weighted by atomic mass is 19.4. The van der Waals surface area contributed by atoms with Gasteiger partial charge in [0.15, 0.2) is 12.4 Å². The van der Waals surface area contributed by atoms with Crippen LogP contribution in [0.4, 0.5) is 57.1 Å². The molecule has 202 valence electrons. The quantitative estimate of drug-likeness (QED) is 0.314. The number of aliphatic hydroxyl groups excluding tert-OH is 3. The molecule has 0 bridgehead atoms. The Bertz CT molecular complexity index is 742. The third-order valence-electron chi connectivity index (χ3n) is 4.52.